The number of ketones is 1. The van der Waals surface area contributed by atoms with Crippen LogP contribution in [0.2, 0.25) is 5.02 Å². The van der Waals surface area contributed by atoms with Crippen LogP contribution in [0.15, 0.2) is 83.8 Å². The molecule has 4 rings (SSSR count). The largest absolute Gasteiger partial charge is 0.497 e. The number of nitrogens with zero attached hydrogens (tertiary/aromatic N) is 1. The van der Waals surface area contributed by atoms with Crippen molar-refractivity contribution in [1.82, 2.24) is 4.57 Å². The molecule has 0 unspecified atom stereocenters. The number of aromatic nitrogens is 1. The van der Waals surface area contributed by atoms with E-state index in [0.29, 0.717) is 22.5 Å². The smallest absolute Gasteiger partial charge is 0.200 e. The van der Waals surface area contributed by atoms with Gasteiger partial charge >= 0.3 is 0 Å². The number of halogens is 1. The fraction of sp³-hybridized carbons (Fsp3) is 0.0833. The lowest BCUT2D eigenvalue weighted by Gasteiger charge is -2.14. The number of pyridine rings is 1. The number of fused-ring (bicyclic) bond motifs is 1. The lowest BCUT2D eigenvalue weighted by atomic mass is 10.0. The Kier molecular flexibility index (Phi) is 5.19. The molecule has 0 fully saturated rings. The first kappa shape index (κ1) is 19.0. The minimum absolute atomic E-state index is 0.138. The van der Waals surface area contributed by atoms with Gasteiger partial charge in [-0.3, -0.25) is 9.59 Å². The van der Waals surface area contributed by atoms with Crippen LogP contribution in [-0.2, 0) is 6.54 Å². The highest BCUT2D eigenvalue weighted by atomic mass is 35.5. The van der Waals surface area contributed by atoms with E-state index in [0.717, 1.165) is 16.8 Å². The summed E-state index contributed by atoms with van der Waals surface area (Å²) in [6.07, 6.45) is 1.64. The molecule has 4 aromatic rings. The number of hydrogen-bond acceptors (Lipinski definition) is 3. The van der Waals surface area contributed by atoms with E-state index in [-0.39, 0.29) is 16.8 Å². The van der Waals surface area contributed by atoms with Crippen molar-refractivity contribution in [2.45, 2.75) is 6.54 Å². The minimum atomic E-state index is -0.319. The first-order chi connectivity index (χ1) is 14.1. The molecule has 0 spiro atoms. The Morgan fingerprint density at radius 2 is 1.66 bits per heavy atom. The molecule has 144 valence electrons. The van der Waals surface area contributed by atoms with Gasteiger partial charge in [-0.05, 0) is 54.1 Å². The molecule has 1 heterocycles. The number of hydrogen-bond donors (Lipinski definition) is 0. The Labute approximate surface area is 172 Å². The zero-order chi connectivity index (χ0) is 20.4. The van der Waals surface area contributed by atoms with E-state index in [1.807, 2.05) is 41.0 Å². The third-order valence-corrected chi connectivity index (χ3v) is 5.10. The van der Waals surface area contributed by atoms with Crippen LogP contribution in [0.3, 0.4) is 0 Å². The van der Waals surface area contributed by atoms with Gasteiger partial charge in [-0.15, -0.1) is 0 Å². The molecule has 0 aliphatic rings. The number of carbonyl (C=O) groups excluding carboxylic acids is 1. The van der Waals surface area contributed by atoms with Crippen LogP contribution < -0.4 is 10.2 Å². The van der Waals surface area contributed by atoms with Gasteiger partial charge in [0.15, 0.2) is 5.78 Å². The molecule has 0 bridgehead atoms. The molecule has 0 aliphatic carbocycles. The Hall–Kier alpha value is -3.37. The first-order valence-corrected chi connectivity index (χ1v) is 9.50. The maximum absolute atomic E-state index is 13.0. The SMILES string of the molecule is COc1ccc(Cn2cc(C(=O)c3ccc(Cl)cc3)c(=O)c3ccccc32)cc1. The van der Waals surface area contributed by atoms with Gasteiger partial charge in [-0.25, -0.2) is 0 Å². The highest BCUT2D eigenvalue weighted by Crippen LogP contribution is 2.18. The molecule has 1 aromatic heterocycles. The molecule has 5 heteroatoms. The Bertz CT molecular complexity index is 1240. The van der Waals surface area contributed by atoms with Crippen molar-refractivity contribution in [2.24, 2.45) is 0 Å². The second kappa shape index (κ2) is 7.94. The molecule has 0 saturated carbocycles. The molecule has 0 saturated heterocycles. The van der Waals surface area contributed by atoms with Crippen molar-refractivity contribution in [3.63, 3.8) is 0 Å². The molecule has 0 amide bonds. The van der Waals surface area contributed by atoms with Gasteiger partial charge in [0.25, 0.3) is 0 Å². The molecular formula is C24H18ClNO3. The maximum Gasteiger partial charge on any atom is 0.200 e. The van der Waals surface area contributed by atoms with Crippen LogP contribution in [0, 0.1) is 0 Å². The number of para-hydroxylation sites is 1. The van der Waals surface area contributed by atoms with E-state index in [2.05, 4.69) is 0 Å². The third-order valence-electron chi connectivity index (χ3n) is 4.85. The summed E-state index contributed by atoms with van der Waals surface area (Å²) in [4.78, 5) is 26.1. The second-order valence-corrected chi connectivity index (χ2v) is 7.14. The van der Waals surface area contributed by atoms with Gasteiger partial charge in [0.1, 0.15) is 5.75 Å². The van der Waals surface area contributed by atoms with Crippen molar-refractivity contribution in [3.8, 4) is 5.75 Å². The Balaban J connectivity index is 1.83. The normalized spacial score (nSPS) is 10.8. The van der Waals surface area contributed by atoms with Gasteiger partial charge in [0, 0.05) is 28.7 Å². The maximum atomic E-state index is 13.0. The molecule has 0 radical (unpaired) electrons. The number of rotatable bonds is 5. The fourth-order valence-corrected chi connectivity index (χ4v) is 3.45. The van der Waals surface area contributed by atoms with Gasteiger partial charge in [-0.2, -0.15) is 0 Å². The summed E-state index contributed by atoms with van der Waals surface area (Å²) < 4.78 is 7.14. The average molecular weight is 404 g/mol. The lowest BCUT2D eigenvalue weighted by Crippen LogP contribution is -2.20. The quantitative estimate of drug-likeness (QED) is 0.443. The second-order valence-electron chi connectivity index (χ2n) is 6.70. The van der Waals surface area contributed by atoms with E-state index >= 15 is 0 Å². The number of carbonyl (C=O) groups is 1. The number of ether oxygens (including phenoxy) is 1. The molecular weight excluding hydrogens is 386 g/mol. The topological polar surface area (TPSA) is 48.3 Å². The Morgan fingerprint density at radius 1 is 0.966 bits per heavy atom. The lowest BCUT2D eigenvalue weighted by molar-refractivity contribution is 0.103. The summed E-state index contributed by atoms with van der Waals surface area (Å²) in [6, 6.07) is 21.6. The van der Waals surface area contributed by atoms with E-state index in [4.69, 9.17) is 16.3 Å². The molecule has 4 nitrogen and oxygen atoms in total. The number of methoxy groups -OCH3 is 1. The molecule has 0 atom stereocenters. The van der Waals surface area contributed by atoms with E-state index in [1.165, 1.54) is 0 Å². The zero-order valence-corrected chi connectivity index (χ0v) is 16.5. The first-order valence-electron chi connectivity index (χ1n) is 9.12. The average Bonchev–Trinajstić information content (AvgIpc) is 2.76. The van der Waals surface area contributed by atoms with E-state index in [1.54, 1.807) is 49.7 Å². The molecule has 3 aromatic carbocycles. The van der Waals surface area contributed by atoms with Crippen molar-refractivity contribution in [1.29, 1.82) is 0 Å². The molecule has 0 aliphatic heterocycles. The van der Waals surface area contributed by atoms with Crippen LogP contribution >= 0.6 is 11.6 Å². The summed E-state index contributed by atoms with van der Waals surface area (Å²) in [6.45, 7) is 0.520. The Morgan fingerprint density at radius 3 is 2.34 bits per heavy atom. The summed E-state index contributed by atoms with van der Waals surface area (Å²) >= 11 is 5.92. The predicted molar refractivity (Wildman–Crippen MR) is 115 cm³/mol. The van der Waals surface area contributed by atoms with Crippen molar-refractivity contribution in [3.05, 3.63) is 111 Å². The van der Waals surface area contributed by atoms with Crippen LogP contribution in [0.25, 0.3) is 10.9 Å². The summed E-state index contributed by atoms with van der Waals surface area (Å²) in [5, 5.41) is 1.05. The minimum Gasteiger partial charge on any atom is -0.497 e. The highest BCUT2D eigenvalue weighted by molar-refractivity contribution is 6.30. The van der Waals surface area contributed by atoms with Gasteiger partial charge in [0.2, 0.25) is 5.43 Å². The van der Waals surface area contributed by atoms with Gasteiger partial charge in [0.05, 0.1) is 18.2 Å². The molecule has 29 heavy (non-hydrogen) atoms. The predicted octanol–water partition coefficient (Wildman–Crippen LogP) is 4.94. The molecule has 0 N–H and O–H groups in total. The van der Waals surface area contributed by atoms with E-state index < -0.39 is 0 Å². The van der Waals surface area contributed by atoms with Crippen LogP contribution in [0.4, 0.5) is 0 Å². The van der Waals surface area contributed by atoms with Gasteiger partial charge < -0.3 is 9.30 Å². The third kappa shape index (κ3) is 3.80. The monoisotopic (exact) mass is 403 g/mol. The fourth-order valence-electron chi connectivity index (χ4n) is 3.32. The van der Waals surface area contributed by atoms with Crippen LogP contribution in [-0.4, -0.2) is 17.5 Å². The van der Waals surface area contributed by atoms with Crippen LogP contribution in [0.5, 0.6) is 5.75 Å². The standard InChI is InChI=1S/C24H18ClNO3/c1-29-19-12-6-16(7-13-19)14-26-15-21(23(27)17-8-10-18(25)11-9-17)24(28)20-4-2-3-5-22(20)26/h2-13,15H,14H2,1H3. The zero-order valence-electron chi connectivity index (χ0n) is 15.8. The summed E-state index contributed by atoms with van der Waals surface area (Å²) in [7, 11) is 1.62. The van der Waals surface area contributed by atoms with Crippen molar-refractivity contribution in [2.75, 3.05) is 7.11 Å². The summed E-state index contributed by atoms with van der Waals surface area (Å²) in [5.74, 6) is 0.457. The van der Waals surface area contributed by atoms with Gasteiger partial charge in [-0.1, -0.05) is 35.9 Å². The summed E-state index contributed by atoms with van der Waals surface area (Å²) in [5.41, 5.74) is 2.11. The van der Waals surface area contributed by atoms with Crippen molar-refractivity contribution < 1.29 is 9.53 Å². The number of benzene rings is 3. The van der Waals surface area contributed by atoms with Crippen LogP contribution in [0.1, 0.15) is 21.5 Å². The van der Waals surface area contributed by atoms with Crippen molar-refractivity contribution >= 4 is 28.3 Å². The van der Waals surface area contributed by atoms with E-state index in [9.17, 15) is 9.59 Å². The highest BCUT2D eigenvalue weighted by Gasteiger charge is 2.17.